The third-order valence-corrected chi connectivity index (χ3v) is 7.86. The summed E-state index contributed by atoms with van der Waals surface area (Å²) in [5, 5.41) is 13.0. The average molecular weight is 547 g/mol. The molecule has 2 aliphatic heterocycles. The van der Waals surface area contributed by atoms with Gasteiger partial charge in [0.05, 0.1) is 12.0 Å². The molecule has 2 aliphatic rings. The first-order valence-electron chi connectivity index (χ1n) is 12.6. The molecule has 1 amide bonds. The van der Waals surface area contributed by atoms with E-state index in [4.69, 9.17) is 14.4 Å². The molecule has 0 saturated carbocycles. The van der Waals surface area contributed by atoms with Crippen molar-refractivity contribution in [1.82, 2.24) is 24.8 Å². The third kappa shape index (κ3) is 5.00. The summed E-state index contributed by atoms with van der Waals surface area (Å²) in [6.07, 6.45) is 5.89. The number of pyridine rings is 1. The first kappa shape index (κ1) is 24.8. The molecule has 4 aromatic heterocycles. The molecule has 0 aliphatic carbocycles. The van der Waals surface area contributed by atoms with Crippen molar-refractivity contribution in [2.24, 2.45) is 0 Å². The van der Waals surface area contributed by atoms with Crippen LogP contribution in [-0.2, 0) is 13.0 Å². The molecule has 2 N–H and O–H groups in total. The van der Waals surface area contributed by atoms with E-state index in [1.54, 1.807) is 30.2 Å². The number of nitrogens with zero attached hydrogens (tertiary/aromatic N) is 7. The number of hydrogen-bond acceptors (Lipinski definition) is 11. The molecule has 0 spiro atoms. The number of aryl methyl sites for hydroxylation is 1. The smallest absolute Gasteiger partial charge is 0.347 e. The normalized spacial score (nSPS) is 14.9. The van der Waals surface area contributed by atoms with Gasteiger partial charge in [0.15, 0.2) is 10.9 Å². The fourth-order valence-electron chi connectivity index (χ4n) is 4.90. The van der Waals surface area contributed by atoms with Crippen LogP contribution in [0.5, 0.6) is 0 Å². The molecule has 6 heterocycles. The molecule has 13 heteroatoms. The van der Waals surface area contributed by atoms with Crippen LogP contribution >= 0.6 is 11.3 Å². The number of piperazine rings is 1. The Kier molecular flexibility index (Phi) is 6.57. The van der Waals surface area contributed by atoms with Gasteiger partial charge in [-0.15, -0.1) is 0 Å². The predicted molar refractivity (Wildman–Crippen MR) is 145 cm³/mol. The van der Waals surface area contributed by atoms with Crippen molar-refractivity contribution in [3.63, 3.8) is 0 Å². The second-order valence-corrected chi connectivity index (χ2v) is 10.3. The van der Waals surface area contributed by atoms with Gasteiger partial charge in [-0.1, -0.05) is 17.4 Å². The Hall–Kier alpha value is -4.52. The van der Waals surface area contributed by atoms with Crippen molar-refractivity contribution >= 4 is 45.9 Å². The minimum Gasteiger partial charge on any atom is -0.477 e. The first-order chi connectivity index (χ1) is 19.0. The van der Waals surface area contributed by atoms with Crippen molar-refractivity contribution in [2.45, 2.75) is 19.9 Å². The maximum absolute atomic E-state index is 12.8. The quantitative estimate of drug-likeness (QED) is 0.353. The second-order valence-electron chi connectivity index (χ2n) is 9.33. The van der Waals surface area contributed by atoms with Crippen molar-refractivity contribution in [3.8, 4) is 0 Å². The molecular weight excluding hydrogens is 520 g/mol. The maximum Gasteiger partial charge on any atom is 0.347 e. The number of carboxylic acids is 1. The van der Waals surface area contributed by atoms with Gasteiger partial charge in [0.25, 0.3) is 5.91 Å². The molecule has 0 bridgehead atoms. The van der Waals surface area contributed by atoms with E-state index in [9.17, 15) is 14.7 Å². The van der Waals surface area contributed by atoms with E-state index >= 15 is 0 Å². The predicted octanol–water partition coefficient (Wildman–Crippen LogP) is 3.20. The van der Waals surface area contributed by atoms with Gasteiger partial charge in [0.1, 0.15) is 16.5 Å². The monoisotopic (exact) mass is 546 g/mol. The highest BCUT2D eigenvalue weighted by Gasteiger charge is 2.31. The van der Waals surface area contributed by atoms with Crippen LogP contribution in [0.3, 0.4) is 0 Å². The number of rotatable bonds is 7. The molecular formula is C26H26N8O4S. The van der Waals surface area contributed by atoms with E-state index in [2.05, 4.69) is 25.1 Å². The van der Waals surface area contributed by atoms with E-state index in [1.165, 1.54) is 6.26 Å². The summed E-state index contributed by atoms with van der Waals surface area (Å²) in [4.78, 5) is 48.9. The minimum absolute atomic E-state index is 0.119. The number of aromatic carboxylic acids is 1. The highest BCUT2D eigenvalue weighted by Crippen LogP contribution is 2.36. The third-order valence-electron chi connectivity index (χ3n) is 6.80. The Balaban J connectivity index is 1.29. The SMILES string of the molecule is Cc1nc(Nc2nc(N3CCN(C(=O)c4ccco4)CC3)c3c(n2)N(Cc2cccnc2)CC3)sc1C(=O)O. The average Bonchev–Trinajstić information content (AvgIpc) is 3.70. The number of carboxylic acid groups (broad SMARTS) is 1. The molecule has 1 saturated heterocycles. The van der Waals surface area contributed by atoms with Crippen LogP contribution in [0, 0.1) is 6.92 Å². The summed E-state index contributed by atoms with van der Waals surface area (Å²) in [6.45, 7) is 5.39. The molecule has 0 unspecified atom stereocenters. The first-order valence-corrected chi connectivity index (χ1v) is 13.4. The molecule has 0 aromatic carbocycles. The number of carbonyl (C=O) groups excluding carboxylic acids is 1. The van der Waals surface area contributed by atoms with Crippen molar-refractivity contribution in [2.75, 3.05) is 47.8 Å². The second kappa shape index (κ2) is 10.3. The number of amides is 1. The van der Waals surface area contributed by atoms with Gasteiger partial charge in [-0.25, -0.2) is 9.78 Å². The van der Waals surface area contributed by atoms with Gasteiger partial charge in [-0.3, -0.25) is 15.1 Å². The van der Waals surface area contributed by atoms with Crippen LogP contribution in [0.2, 0.25) is 0 Å². The van der Waals surface area contributed by atoms with Gasteiger partial charge in [0.2, 0.25) is 5.95 Å². The van der Waals surface area contributed by atoms with Crippen LogP contribution in [0.4, 0.5) is 22.7 Å². The van der Waals surface area contributed by atoms with Gasteiger partial charge >= 0.3 is 5.97 Å². The maximum atomic E-state index is 12.8. The summed E-state index contributed by atoms with van der Waals surface area (Å²) < 4.78 is 5.29. The zero-order valence-corrected chi connectivity index (χ0v) is 22.0. The fourth-order valence-corrected chi connectivity index (χ4v) is 5.70. The Morgan fingerprint density at radius 1 is 1.08 bits per heavy atom. The molecule has 12 nitrogen and oxygen atoms in total. The number of furan rings is 1. The summed E-state index contributed by atoms with van der Waals surface area (Å²) >= 11 is 1.05. The number of anilines is 4. The number of aromatic nitrogens is 4. The molecule has 0 atom stereocenters. The summed E-state index contributed by atoms with van der Waals surface area (Å²) in [5.41, 5.74) is 2.57. The summed E-state index contributed by atoms with van der Waals surface area (Å²) in [6, 6.07) is 7.34. The Labute approximate surface area is 228 Å². The van der Waals surface area contributed by atoms with E-state index in [0.29, 0.717) is 55.3 Å². The fraction of sp³-hybridized carbons (Fsp3) is 0.308. The van der Waals surface area contributed by atoms with Crippen LogP contribution in [0.25, 0.3) is 0 Å². The van der Waals surface area contributed by atoms with Crippen LogP contribution < -0.4 is 15.1 Å². The number of thiazole rings is 1. The lowest BCUT2D eigenvalue weighted by molar-refractivity contribution is 0.0697. The molecule has 1 fully saturated rings. The van der Waals surface area contributed by atoms with Crippen molar-refractivity contribution < 1.29 is 19.1 Å². The van der Waals surface area contributed by atoms with E-state index in [1.807, 2.05) is 18.3 Å². The van der Waals surface area contributed by atoms with E-state index in [-0.39, 0.29) is 10.8 Å². The van der Waals surface area contributed by atoms with E-state index in [0.717, 1.165) is 47.1 Å². The summed E-state index contributed by atoms with van der Waals surface area (Å²) in [7, 11) is 0. The molecule has 6 rings (SSSR count). The highest BCUT2D eigenvalue weighted by atomic mass is 32.1. The molecule has 4 aromatic rings. The van der Waals surface area contributed by atoms with Crippen LogP contribution in [0.15, 0.2) is 47.3 Å². The zero-order chi connectivity index (χ0) is 26.9. The standard InChI is InChI=1S/C26H26N8O4S/c1-16-20(24(36)37)39-26(28-16)31-25-29-21(32-9-11-33(12-10-32)23(35)19-5-3-13-38-19)18-6-8-34(22(18)30-25)15-17-4-2-7-27-14-17/h2-5,7,13-14H,6,8-12,15H2,1H3,(H,36,37)(H,28,29,30,31). The highest BCUT2D eigenvalue weighted by molar-refractivity contribution is 7.17. The Morgan fingerprint density at radius 2 is 1.90 bits per heavy atom. The lowest BCUT2D eigenvalue weighted by atomic mass is 10.2. The van der Waals surface area contributed by atoms with Crippen LogP contribution in [0.1, 0.15) is 37.0 Å². The number of hydrogen-bond donors (Lipinski definition) is 2. The number of carbonyl (C=O) groups is 2. The van der Waals surface area contributed by atoms with E-state index < -0.39 is 5.97 Å². The Bertz CT molecular complexity index is 1500. The topological polar surface area (TPSA) is 141 Å². The van der Waals surface area contributed by atoms with Gasteiger partial charge in [-0.05, 0) is 37.1 Å². The van der Waals surface area contributed by atoms with Gasteiger partial charge in [0, 0.05) is 57.2 Å². The number of fused-ring (bicyclic) bond motifs is 1. The number of nitrogens with one attached hydrogen (secondary N) is 1. The van der Waals surface area contributed by atoms with Crippen LogP contribution in [-0.4, -0.2) is 74.5 Å². The van der Waals surface area contributed by atoms with Crippen molar-refractivity contribution in [3.05, 3.63) is 70.4 Å². The molecule has 0 radical (unpaired) electrons. The largest absolute Gasteiger partial charge is 0.477 e. The summed E-state index contributed by atoms with van der Waals surface area (Å²) in [5.74, 6) is 1.19. The minimum atomic E-state index is -1.02. The zero-order valence-electron chi connectivity index (χ0n) is 21.2. The molecule has 39 heavy (non-hydrogen) atoms. The van der Waals surface area contributed by atoms with Gasteiger partial charge in [-0.2, -0.15) is 9.97 Å². The molecule has 200 valence electrons. The van der Waals surface area contributed by atoms with Gasteiger partial charge < -0.3 is 24.2 Å². The lowest BCUT2D eigenvalue weighted by Crippen LogP contribution is -2.49. The Morgan fingerprint density at radius 3 is 2.59 bits per heavy atom. The van der Waals surface area contributed by atoms with Crippen molar-refractivity contribution in [1.29, 1.82) is 0 Å². The lowest BCUT2D eigenvalue weighted by Gasteiger charge is -2.36.